The molecule has 1 rings (SSSR count). The normalized spacial score (nSPS) is 5.62. The Morgan fingerprint density at radius 2 is 1.38 bits per heavy atom. The van der Waals surface area contributed by atoms with E-state index in [2.05, 4.69) is 29.7 Å². The van der Waals surface area contributed by atoms with E-state index in [1.165, 1.54) is 19.4 Å². The first-order valence-electron chi connectivity index (χ1n) is 5.37. The summed E-state index contributed by atoms with van der Waals surface area (Å²) in [6, 6.07) is 0. The number of rotatable bonds is 1. The van der Waals surface area contributed by atoms with Crippen LogP contribution in [0, 0.1) is 20.9 Å². The van der Waals surface area contributed by atoms with E-state index in [1.807, 2.05) is 19.3 Å². The SMILES string of the molecule is C.C.C.C.C.C.CNC(C)=O.[B].[CH2-]Cn1cc(C)cn1.[CH2-]NC(C)=O.[Y]. The molecule has 0 saturated heterocycles. The molecule has 1 aromatic heterocycles. The van der Waals surface area contributed by atoms with E-state index >= 15 is 0 Å². The quantitative estimate of drug-likeness (QED) is 0.499. The number of carbonyl (C=O) groups is 2. The van der Waals surface area contributed by atoms with Crippen molar-refractivity contribution < 1.29 is 42.3 Å². The molecule has 0 unspecified atom stereocenters. The van der Waals surface area contributed by atoms with Crippen molar-refractivity contribution in [2.24, 2.45) is 0 Å². The molecule has 8 heteroatoms. The summed E-state index contributed by atoms with van der Waals surface area (Å²) in [6.45, 7) is 9.28. The number of nitrogens with zero attached hydrogens (tertiary/aromatic N) is 2. The molecule has 2 N–H and O–H groups in total. The summed E-state index contributed by atoms with van der Waals surface area (Å²) >= 11 is 0. The van der Waals surface area contributed by atoms with Crippen molar-refractivity contribution in [1.29, 1.82) is 0 Å². The van der Waals surface area contributed by atoms with Crippen LogP contribution in [0.5, 0.6) is 0 Å². The van der Waals surface area contributed by atoms with Crippen molar-refractivity contribution in [2.75, 3.05) is 7.05 Å². The maximum Gasteiger partial charge on any atom is 0.216 e. The molecule has 0 aromatic carbocycles. The number of hydrogen-bond donors (Lipinski definition) is 2. The Morgan fingerprint density at radius 3 is 1.46 bits per heavy atom. The first-order chi connectivity index (χ1) is 8.37. The second kappa shape index (κ2) is 44.1. The largest absolute Gasteiger partial charge is 0.509 e. The minimum Gasteiger partial charge on any atom is -0.509 e. The van der Waals surface area contributed by atoms with Crippen molar-refractivity contribution in [3.05, 3.63) is 31.9 Å². The Bertz CT molecular complexity index is 349. The first kappa shape index (κ1) is 63.8. The monoisotopic (exact) mass is 450 g/mol. The zero-order valence-electron chi connectivity index (χ0n) is 12.6. The Hall–Kier alpha value is -0.681. The predicted molar refractivity (Wildman–Crippen MR) is 117 cm³/mol. The van der Waals surface area contributed by atoms with E-state index < -0.39 is 0 Å². The van der Waals surface area contributed by atoms with Crippen molar-refractivity contribution in [3.63, 3.8) is 0 Å². The molecule has 6 nitrogen and oxygen atoms in total. The van der Waals surface area contributed by atoms with Crippen LogP contribution in [0.3, 0.4) is 0 Å². The minimum atomic E-state index is -0.106. The molecule has 1 aromatic rings. The molecule has 0 atom stereocenters. The molecule has 0 saturated carbocycles. The Morgan fingerprint density at radius 1 is 1.08 bits per heavy atom. The fourth-order valence-corrected chi connectivity index (χ4v) is 0.589. The number of amides is 2. The standard InChI is InChI=1S/C6H9N2.C3H7NO.C3H6NO.6CH4.B.Y/c1-3-8-5-6(2)4-7-8;2*1-3(5)4-2;;;;;;;;/h4-5H,1,3H2,2H3;1-2H3,(H,4,5);2H2,1H3,(H,4,5);6*1H4;;/q-1;;-1;;;;;;;;. The molecule has 0 fully saturated rings. The van der Waals surface area contributed by atoms with Gasteiger partial charge in [0.1, 0.15) is 0 Å². The molecule has 0 spiro atoms. The fraction of sp³-hybridized carbons (Fsp3) is 0.611. The summed E-state index contributed by atoms with van der Waals surface area (Å²) in [5.74, 6) is -0.102. The van der Waals surface area contributed by atoms with E-state index in [0.717, 1.165) is 0 Å². The van der Waals surface area contributed by atoms with Gasteiger partial charge in [-0.15, -0.1) is 0 Å². The van der Waals surface area contributed by atoms with Crippen molar-refractivity contribution >= 4 is 20.2 Å². The second-order valence-corrected chi connectivity index (χ2v) is 3.32. The zero-order valence-corrected chi connectivity index (χ0v) is 15.5. The summed E-state index contributed by atoms with van der Waals surface area (Å²) in [5, 5.41) is 8.52. The van der Waals surface area contributed by atoms with Gasteiger partial charge in [0.05, 0.1) is 6.20 Å². The van der Waals surface area contributed by atoms with E-state index in [-0.39, 0.29) is 97.5 Å². The van der Waals surface area contributed by atoms with Gasteiger partial charge in [-0.05, 0) is 12.5 Å². The smallest absolute Gasteiger partial charge is 0.216 e. The van der Waals surface area contributed by atoms with Crippen LogP contribution in [-0.2, 0) is 48.8 Å². The molecule has 0 aliphatic rings. The van der Waals surface area contributed by atoms with Gasteiger partial charge in [0, 0.05) is 68.2 Å². The molecule has 158 valence electrons. The van der Waals surface area contributed by atoms with Crippen molar-refractivity contribution in [2.45, 2.75) is 71.9 Å². The van der Waals surface area contributed by atoms with Gasteiger partial charge in [-0.3, -0.25) is 16.6 Å². The van der Waals surface area contributed by atoms with Crippen LogP contribution < -0.4 is 10.6 Å². The molecule has 1 heterocycles. The Balaban J connectivity index is -0.0000000165. The Labute approximate surface area is 193 Å². The van der Waals surface area contributed by atoms with Gasteiger partial charge in [0.2, 0.25) is 5.91 Å². The van der Waals surface area contributed by atoms with Gasteiger partial charge < -0.3 is 22.2 Å². The number of aromatic nitrogens is 2. The van der Waals surface area contributed by atoms with Gasteiger partial charge in [-0.1, -0.05) is 51.1 Å². The number of hydrogen-bond acceptors (Lipinski definition) is 3. The number of carbonyl (C=O) groups excluding carboxylic acids is 2. The third-order valence-electron chi connectivity index (χ3n) is 1.59. The average Bonchev–Trinajstić information content (AvgIpc) is 2.76. The molecule has 26 heavy (non-hydrogen) atoms. The van der Waals surface area contributed by atoms with Crippen LogP contribution in [0.2, 0.25) is 0 Å². The zero-order chi connectivity index (χ0) is 14.6. The van der Waals surface area contributed by atoms with Gasteiger partial charge in [0.25, 0.3) is 0 Å². The summed E-state index contributed by atoms with van der Waals surface area (Å²) in [7, 11) is 4.69. The average molecular weight is 450 g/mol. The first-order valence-corrected chi connectivity index (χ1v) is 5.37. The van der Waals surface area contributed by atoms with Crippen LogP contribution in [0.15, 0.2) is 12.4 Å². The van der Waals surface area contributed by atoms with E-state index in [1.54, 1.807) is 11.7 Å². The maximum absolute atomic E-state index is 9.70. The van der Waals surface area contributed by atoms with E-state index in [0.29, 0.717) is 6.54 Å². The van der Waals surface area contributed by atoms with Crippen LogP contribution in [0.4, 0.5) is 0 Å². The van der Waals surface area contributed by atoms with Crippen LogP contribution in [-0.4, -0.2) is 37.1 Å². The van der Waals surface area contributed by atoms with E-state index in [9.17, 15) is 9.59 Å². The molecule has 4 radical (unpaired) electrons. The van der Waals surface area contributed by atoms with Crippen molar-refractivity contribution in [3.8, 4) is 0 Å². The van der Waals surface area contributed by atoms with Crippen LogP contribution in [0.25, 0.3) is 0 Å². The number of nitrogens with one attached hydrogen (secondary N) is 2. The summed E-state index contributed by atoms with van der Waals surface area (Å²) < 4.78 is 1.80. The van der Waals surface area contributed by atoms with Gasteiger partial charge in [-0.25, -0.2) is 0 Å². The van der Waals surface area contributed by atoms with Gasteiger partial charge >= 0.3 is 0 Å². The van der Waals surface area contributed by atoms with Crippen LogP contribution >= 0.6 is 0 Å². The van der Waals surface area contributed by atoms with E-state index in [4.69, 9.17) is 0 Å². The fourth-order valence-electron chi connectivity index (χ4n) is 0.589. The van der Waals surface area contributed by atoms with Crippen LogP contribution in [0.1, 0.15) is 64.0 Å². The van der Waals surface area contributed by atoms with Crippen molar-refractivity contribution in [1.82, 2.24) is 20.4 Å². The van der Waals surface area contributed by atoms with Gasteiger partial charge in [-0.2, -0.15) is 5.10 Å². The third kappa shape index (κ3) is 56.7. The summed E-state index contributed by atoms with van der Waals surface area (Å²) in [6.07, 6.45) is 3.79. The molecule has 0 aliphatic heterocycles. The number of aryl methyl sites for hydroxylation is 1. The molecule has 0 aliphatic carbocycles. The second-order valence-electron chi connectivity index (χ2n) is 3.32. The Kier molecular flexibility index (Phi) is 108. The summed E-state index contributed by atoms with van der Waals surface area (Å²) in [4.78, 5) is 19.3. The topological polar surface area (TPSA) is 76.0 Å². The van der Waals surface area contributed by atoms with Gasteiger partial charge in [0.15, 0.2) is 5.91 Å². The molecule has 2 amide bonds. The summed E-state index contributed by atoms with van der Waals surface area (Å²) in [5.41, 5.74) is 1.19. The predicted octanol–water partition coefficient (Wildman–Crippen LogP) is 4.13. The molecular formula is C18H46BN4O2Y-2. The molecular weight excluding hydrogens is 404 g/mol. The third-order valence-corrected chi connectivity index (χ3v) is 1.59. The molecule has 0 bridgehead atoms. The maximum atomic E-state index is 9.70. The minimum absolute atomic E-state index is 0.